The van der Waals surface area contributed by atoms with Crippen LogP contribution in [0.25, 0.3) is 0 Å². The van der Waals surface area contributed by atoms with Gasteiger partial charge in [-0.3, -0.25) is 0 Å². The number of hydrogen-bond acceptors (Lipinski definition) is 4. The Bertz CT molecular complexity index is 318. The van der Waals surface area contributed by atoms with Crippen molar-refractivity contribution in [1.82, 2.24) is 0 Å². The van der Waals surface area contributed by atoms with Gasteiger partial charge in [-0.1, -0.05) is 6.92 Å². The zero-order valence-corrected chi connectivity index (χ0v) is 8.51. The van der Waals surface area contributed by atoms with Crippen LogP contribution in [-0.4, -0.2) is 28.9 Å². The average Bonchev–Trinajstić information content (AvgIpc) is 2.26. The van der Waals surface area contributed by atoms with E-state index in [1.165, 1.54) is 24.3 Å². The number of aliphatic hydroxyl groups excluding tert-OH is 1. The highest BCUT2D eigenvalue weighted by atomic mass is 16.5. The molecule has 0 amide bonds. The molecule has 0 aliphatic carbocycles. The molecular weight excluding hydrogens is 196 g/mol. The van der Waals surface area contributed by atoms with Crippen molar-refractivity contribution in [2.24, 2.45) is 0 Å². The van der Waals surface area contributed by atoms with Gasteiger partial charge in [0.25, 0.3) is 0 Å². The zero-order valence-electron chi connectivity index (χ0n) is 8.51. The maximum absolute atomic E-state index is 11.4. The van der Waals surface area contributed by atoms with Crippen molar-refractivity contribution in [2.45, 2.75) is 19.4 Å². The summed E-state index contributed by atoms with van der Waals surface area (Å²) in [5.74, 6) is -0.400. The van der Waals surface area contributed by atoms with Crippen LogP contribution in [0.3, 0.4) is 0 Å². The average molecular weight is 210 g/mol. The molecule has 0 fully saturated rings. The number of carbonyl (C=O) groups excluding carboxylic acids is 1. The van der Waals surface area contributed by atoms with E-state index in [1.54, 1.807) is 6.92 Å². The molecule has 0 saturated carbocycles. The summed E-state index contributed by atoms with van der Waals surface area (Å²) in [4.78, 5) is 11.4. The van der Waals surface area contributed by atoms with Gasteiger partial charge in [0.05, 0.1) is 11.7 Å². The van der Waals surface area contributed by atoms with Crippen molar-refractivity contribution in [2.75, 3.05) is 6.61 Å². The number of phenolic OH excluding ortho intramolecular Hbond substituents is 1. The number of phenols is 1. The Morgan fingerprint density at radius 3 is 2.53 bits per heavy atom. The van der Waals surface area contributed by atoms with E-state index in [0.717, 1.165) is 0 Å². The molecule has 0 spiro atoms. The highest BCUT2D eigenvalue weighted by Gasteiger charge is 2.09. The Morgan fingerprint density at radius 1 is 1.40 bits per heavy atom. The molecular formula is C11H14O4. The Morgan fingerprint density at radius 2 is 2.00 bits per heavy atom. The van der Waals surface area contributed by atoms with Crippen LogP contribution in [0.15, 0.2) is 24.3 Å². The lowest BCUT2D eigenvalue weighted by Crippen LogP contribution is -2.17. The van der Waals surface area contributed by atoms with Gasteiger partial charge in [-0.2, -0.15) is 0 Å². The third-order valence-electron chi connectivity index (χ3n) is 1.98. The number of esters is 1. The van der Waals surface area contributed by atoms with E-state index in [-0.39, 0.29) is 12.4 Å². The SMILES string of the molecule is CCC(O)COC(=O)c1ccc(O)cc1. The van der Waals surface area contributed by atoms with E-state index in [4.69, 9.17) is 9.84 Å². The molecule has 0 saturated heterocycles. The Hall–Kier alpha value is -1.55. The maximum Gasteiger partial charge on any atom is 0.338 e. The molecule has 1 unspecified atom stereocenters. The molecule has 15 heavy (non-hydrogen) atoms. The van der Waals surface area contributed by atoms with Crippen LogP contribution >= 0.6 is 0 Å². The molecule has 1 aromatic carbocycles. The Labute approximate surface area is 88.1 Å². The molecule has 1 rings (SSSR count). The van der Waals surface area contributed by atoms with E-state index >= 15 is 0 Å². The van der Waals surface area contributed by atoms with Crippen molar-refractivity contribution in [3.05, 3.63) is 29.8 Å². The van der Waals surface area contributed by atoms with E-state index in [9.17, 15) is 9.90 Å². The first-order chi connectivity index (χ1) is 7.13. The van der Waals surface area contributed by atoms with Crippen LogP contribution < -0.4 is 0 Å². The standard InChI is InChI=1S/C11H14O4/c1-2-9(12)7-15-11(14)8-3-5-10(13)6-4-8/h3-6,9,12-13H,2,7H2,1H3. The summed E-state index contributed by atoms with van der Waals surface area (Å²) in [6, 6.07) is 5.76. The van der Waals surface area contributed by atoms with Crippen LogP contribution in [0.2, 0.25) is 0 Å². The topological polar surface area (TPSA) is 66.8 Å². The minimum Gasteiger partial charge on any atom is -0.508 e. The van der Waals surface area contributed by atoms with Crippen molar-refractivity contribution >= 4 is 5.97 Å². The van der Waals surface area contributed by atoms with Gasteiger partial charge < -0.3 is 14.9 Å². The first kappa shape index (κ1) is 11.5. The number of aromatic hydroxyl groups is 1. The lowest BCUT2D eigenvalue weighted by atomic mass is 10.2. The number of aliphatic hydroxyl groups is 1. The molecule has 4 heteroatoms. The van der Waals surface area contributed by atoms with Crippen molar-refractivity contribution in [1.29, 1.82) is 0 Å². The summed E-state index contributed by atoms with van der Waals surface area (Å²) in [7, 11) is 0. The summed E-state index contributed by atoms with van der Waals surface area (Å²) >= 11 is 0. The molecule has 82 valence electrons. The second-order valence-corrected chi connectivity index (χ2v) is 3.21. The molecule has 2 N–H and O–H groups in total. The lowest BCUT2D eigenvalue weighted by molar-refractivity contribution is 0.0250. The quantitative estimate of drug-likeness (QED) is 0.735. The van der Waals surface area contributed by atoms with Crippen LogP contribution in [0.5, 0.6) is 5.75 Å². The molecule has 1 aromatic rings. The fourth-order valence-corrected chi connectivity index (χ4v) is 0.971. The molecule has 4 nitrogen and oxygen atoms in total. The molecule has 1 atom stereocenters. The fraction of sp³-hybridized carbons (Fsp3) is 0.364. The summed E-state index contributed by atoms with van der Waals surface area (Å²) < 4.78 is 4.85. The van der Waals surface area contributed by atoms with Gasteiger partial charge >= 0.3 is 5.97 Å². The van der Waals surface area contributed by atoms with Gasteiger partial charge in [-0.25, -0.2) is 4.79 Å². The number of ether oxygens (including phenoxy) is 1. The van der Waals surface area contributed by atoms with Crippen molar-refractivity contribution in [3.8, 4) is 5.75 Å². The van der Waals surface area contributed by atoms with Crippen LogP contribution in [0.1, 0.15) is 23.7 Å². The van der Waals surface area contributed by atoms with Gasteiger partial charge in [0, 0.05) is 0 Å². The van der Waals surface area contributed by atoms with Crippen molar-refractivity contribution < 1.29 is 19.7 Å². The third kappa shape index (κ3) is 3.59. The van der Waals surface area contributed by atoms with Gasteiger partial charge in [-0.15, -0.1) is 0 Å². The first-order valence-corrected chi connectivity index (χ1v) is 4.77. The lowest BCUT2D eigenvalue weighted by Gasteiger charge is -2.08. The van der Waals surface area contributed by atoms with Gasteiger partial charge in [0.15, 0.2) is 0 Å². The largest absolute Gasteiger partial charge is 0.508 e. The minimum absolute atomic E-state index is 0.00376. The minimum atomic E-state index is -0.619. The number of hydrogen-bond donors (Lipinski definition) is 2. The van der Waals surface area contributed by atoms with Crippen molar-refractivity contribution in [3.63, 3.8) is 0 Å². The molecule has 0 aliphatic heterocycles. The summed E-state index contributed by atoms with van der Waals surface area (Å²) in [5, 5.41) is 18.2. The second kappa shape index (κ2) is 5.36. The van der Waals surface area contributed by atoms with Gasteiger partial charge in [0.1, 0.15) is 12.4 Å². The second-order valence-electron chi connectivity index (χ2n) is 3.21. The van der Waals surface area contributed by atoms with E-state index < -0.39 is 12.1 Å². The zero-order chi connectivity index (χ0) is 11.3. The number of rotatable bonds is 4. The number of benzene rings is 1. The normalized spacial score (nSPS) is 12.1. The fourth-order valence-electron chi connectivity index (χ4n) is 0.971. The van der Waals surface area contributed by atoms with Gasteiger partial charge in [0.2, 0.25) is 0 Å². The summed E-state index contributed by atoms with van der Waals surface area (Å²) in [5.41, 5.74) is 0.358. The number of carbonyl (C=O) groups is 1. The molecule has 0 aromatic heterocycles. The predicted molar refractivity (Wildman–Crippen MR) is 54.7 cm³/mol. The van der Waals surface area contributed by atoms with Gasteiger partial charge in [-0.05, 0) is 30.7 Å². The highest BCUT2D eigenvalue weighted by Crippen LogP contribution is 2.10. The highest BCUT2D eigenvalue weighted by molar-refractivity contribution is 5.89. The molecule has 0 radical (unpaired) electrons. The summed E-state index contributed by atoms with van der Waals surface area (Å²) in [6.07, 6.45) is -0.0749. The molecule has 0 bridgehead atoms. The van der Waals surface area contributed by atoms with E-state index in [2.05, 4.69) is 0 Å². The maximum atomic E-state index is 11.4. The van der Waals surface area contributed by atoms with Crippen LogP contribution in [-0.2, 0) is 4.74 Å². The van der Waals surface area contributed by atoms with Crippen LogP contribution in [0, 0.1) is 0 Å². The smallest absolute Gasteiger partial charge is 0.338 e. The third-order valence-corrected chi connectivity index (χ3v) is 1.98. The summed E-state index contributed by atoms with van der Waals surface area (Å²) in [6.45, 7) is 1.80. The monoisotopic (exact) mass is 210 g/mol. The van der Waals surface area contributed by atoms with E-state index in [0.29, 0.717) is 12.0 Å². The molecule has 0 aliphatic rings. The molecule has 0 heterocycles. The van der Waals surface area contributed by atoms with Crippen LogP contribution in [0.4, 0.5) is 0 Å². The first-order valence-electron chi connectivity index (χ1n) is 4.77. The Kier molecular flexibility index (Phi) is 4.12. The predicted octanol–water partition coefficient (Wildman–Crippen LogP) is 1.32. The van der Waals surface area contributed by atoms with E-state index in [1.807, 2.05) is 0 Å². The Balaban J connectivity index is 2.50.